The van der Waals surface area contributed by atoms with Crippen LogP contribution in [0.25, 0.3) is 0 Å². The van der Waals surface area contributed by atoms with Crippen LogP contribution >= 0.6 is 0 Å². The maximum Gasteiger partial charge on any atom is 0.230 e. The Morgan fingerprint density at radius 3 is 2.91 bits per heavy atom. The number of carbonyl (C=O) groups excluding carboxylic acids is 2. The van der Waals surface area contributed by atoms with Gasteiger partial charge in [0.2, 0.25) is 11.8 Å². The van der Waals surface area contributed by atoms with Gasteiger partial charge in [0.25, 0.3) is 0 Å². The Labute approximate surface area is 134 Å². The molecule has 1 aromatic carbocycles. The zero-order chi connectivity index (χ0) is 16.2. The highest BCUT2D eigenvalue weighted by molar-refractivity contribution is 6.03. The number of hydrogen-bond acceptors (Lipinski definition) is 4. The van der Waals surface area contributed by atoms with E-state index in [-0.39, 0.29) is 18.2 Å². The molecule has 0 saturated carbocycles. The molecule has 1 atom stereocenters. The average molecular weight is 311 g/mol. The standard InChI is InChI=1S/C17H17N3O3/c1-23-14-6-4-5-13(10-14)20-11-12(9-16(20)21)17(22)19-15-7-2-3-8-18-15/h2-8,10,12H,9,11H2,1H3,(H,18,19,22)/t12-/m1/s1. The molecule has 0 spiro atoms. The number of ether oxygens (including phenoxy) is 1. The summed E-state index contributed by atoms with van der Waals surface area (Å²) in [5, 5.41) is 2.75. The normalized spacial score (nSPS) is 17.2. The Bertz CT molecular complexity index is 718. The number of benzene rings is 1. The topological polar surface area (TPSA) is 71.5 Å². The number of methoxy groups -OCH3 is 1. The van der Waals surface area contributed by atoms with Crippen molar-refractivity contribution >= 4 is 23.3 Å². The molecule has 1 aliphatic rings. The molecule has 0 unspecified atom stereocenters. The highest BCUT2D eigenvalue weighted by Crippen LogP contribution is 2.28. The van der Waals surface area contributed by atoms with Gasteiger partial charge in [-0.25, -0.2) is 4.98 Å². The molecule has 6 nitrogen and oxygen atoms in total. The Morgan fingerprint density at radius 2 is 2.17 bits per heavy atom. The van der Waals surface area contributed by atoms with Gasteiger partial charge >= 0.3 is 0 Å². The fourth-order valence-corrected chi connectivity index (χ4v) is 2.58. The highest BCUT2D eigenvalue weighted by Gasteiger charge is 2.35. The molecule has 2 heterocycles. The van der Waals surface area contributed by atoms with Crippen molar-refractivity contribution in [3.8, 4) is 5.75 Å². The SMILES string of the molecule is COc1cccc(N2C[C@H](C(=O)Nc3ccccn3)CC2=O)c1. The first-order valence-corrected chi connectivity index (χ1v) is 7.33. The molecule has 1 saturated heterocycles. The van der Waals surface area contributed by atoms with E-state index in [2.05, 4.69) is 10.3 Å². The van der Waals surface area contributed by atoms with E-state index in [1.807, 2.05) is 18.2 Å². The lowest BCUT2D eigenvalue weighted by Gasteiger charge is -2.17. The minimum Gasteiger partial charge on any atom is -0.497 e. The summed E-state index contributed by atoms with van der Waals surface area (Å²) in [6.07, 6.45) is 1.80. The largest absolute Gasteiger partial charge is 0.497 e. The lowest BCUT2D eigenvalue weighted by atomic mass is 10.1. The summed E-state index contributed by atoms with van der Waals surface area (Å²) in [5.41, 5.74) is 0.738. The summed E-state index contributed by atoms with van der Waals surface area (Å²) in [7, 11) is 1.58. The third-order valence-corrected chi connectivity index (χ3v) is 3.78. The van der Waals surface area contributed by atoms with E-state index >= 15 is 0 Å². The number of carbonyl (C=O) groups is 2. The van der Waals surface area contributed by atoms with Crippen LogP contribution in [0.2, 0.25) is 0 Å². The maximum atomic E-state index is 12.3. The Morgan fingerprint density at radius 1 is 1.30 bits per heavy atom. The van der Waals surface area contributed by atoms with Crippen molar-refractivity contribution < 1.29 is 14.3 Å². The van der Waals surface area contributed by atoms with E-state index in [1.165, 1.54) is 0 Å². The van der Waals surface area contributed by atoms with E-state index in [9.17, 15) is 9.59 Å². The molecule has 0 aliphatic carbocycles. The van der Waals surface area contributed by atoms with Crippen LogP contribution in [-0.4, -0.2) is 30.5 Å². The fourth-order valence-electron chi connectivity index (χ4n) is 2.58. The van der Waals surface area contributed by atoms with Crippen LogP contribution < -0.4 is 15.0 Å². The number of aromatic nitrogens is 1. The smallest absolute Gasteiger partial charge is 0.230 e. The molecule has 118 valence electrons. The lowest BCUT2D eigenvalue weighted by molar-refractivity contribution is -0.122. The molecule has 1 aliphatic heterocycles. The van der Waals surface area contributed by atoms with Crippen molar-refractivity contribution in [3.63, 3.8) is 0 Å². The number of pyridine rings is 1. The minimum absolute atomic E-state index is 0.0700. The molecule has 6 heteroatoms. The number of rotatable bonds is 4. The molecule has 3 rings (SSSR count). The van der Waals surface area contributed by atoms with Crippen molar-refractivity contribution in [3.05, 3.63) is 48.7 Å². The monoisotopic (exact) mass is 311 g/mol. The number of anilines is 2. The van der Waals surface area contributed by atoms with Crippen molar-refractivity contribution in [2.45, 2.75) is 6.42 Å². The molecule has 1 aromatic heterocycles. The van der Waals surface area contributed by atoms with Crippen molar-refractivity contribution in [1.29, 1.82) is 0 Å². The van der Waals surface area contributed by atoms with Gasteiger partial charge in [-0.15, -0.1) is 0 Å². The first kappa shape index (κ1) is 15.0. The van der Waals surface area contributed by atoms with E-state index in [0.29, 0.717) is 18.1 Å². The molecule has 1 fully saturated rings. The molecule has 2 aromatic rings. The fraction of sp³-hybridized carbons (Fsp3) is 0.235. The van der Waals surface area contributed by atoms with Gasteiger partial charge in [0.15, 0.2) is 0 Å². The molecular formula is C17H17N3O3. The Balaban J connectivity index is 1.70. The van der Waals surface area contributed by atoms with E-state index in [1.54, 1.807) is 42.5 Å². The van der Waals surface area contributed by atoms with Gasteiger partial charge in [-0.05, 0) is 24.3 Å². The molecule has 23 heavy (non-hydrogen) atoms. The van der Waals surface area contributed by atoms with Crippen LogP contribution in [0.5, 0.6) is 5.75 Å². The minimum atomic E-state index is -0.393. The number of nitrogens with one attached hydrogen (secondary N) is 1. The molecule has 0 radical (unpaired) electrons. The third-order valence-electron chi connectivity index (χ3n) is 3.78. The predicted octanol–water partition coefficient (Wildman–Crippen LogP) is 2.08. The van der Waals surface area contributed by atoms with Crippen molar-refractivity contribution in [2.24, 2.45) is 5.92 Å². The maximum absolute atomic E-state index is 12.3. The molecule has 0 bridgehead atoms. The molecule has 1 N–H and O–H groups in total. The van der Waals surface area contributed by atoms with Gasteiger partial charge in [0.1, 0.15) is 11.6 Å². The van der Waals surface area contributed by atoms with Crippen molar-refractivity contribution in [1.82, 2.24) is 4.98 Å². The van der Waals surface area contributed by atoms with Gasteiger partial charge < -0.3 is 15.0 Å². The van der Waals surface area contributed by atoms with Crippen LogP contribution in [0, 0.1) is 5.92 Å². The van der Waals surface area contributed by atoms with Crippen molar-refractivity contribution in [2.75, 3.05) is 23.9 Å². The summed E-state index contributed by atoms with van der Waals surface area (Å²) in [6, 6.07) is 12.5. The van der Waals surface area contributed by atoms with Crippen LogP contribution in [0.1, 0.15) is 6.42 Å². The van der Waals surface area contributed by atoms with Gasteiger partial charge in [-0.2, -0.15) is 0 Å². The second-order valence-electron chi connectivity index (χ2n) is 5.31. The second kappa shape index (κ2) is 6.48. The lowest BCUT2D eigenvalue weighted by Crippen LogP contribution is -2.28. The number of hydrogen-bond donors (Lipinski definition) is 1. The number of nitrogens with zero attached hydrogens (tertiary/aromatic N) is 2. The van der Waals surface area contributed by atoms with Crippen LogP contribution in [-0.2, 0) is 9.59 Å². The first-order valence-electron chi connectivity index (χ1n) is 7.33. The van der Waals surface area contributed by atoms with Gasteiger partial charge in [-0.1, -0.05) is 12.1 Å². The average Bonchev–Trinajstić information content (AvgIpc) is 2.98. The predicted molar refractivity (Wildman–Crippen MR) is 86.3 cm³/mol. The third kappa shape index (κ3) is 3.31. The summed E-state index contributed by atoms with van der Waals surface area (Å²) >= 11 is 0. The van der Waals surface area contributed by atoms with Gasteiger partial charge in [0, 0.05) is 30.9 Å². The number of amides is 2. The molecule has 2 amide bonds. The Kier molecular flexibility index (Phi) is 4.23. The zero-order valence-electron chi connectivity index (χ0n) is 12.7. The van der Waals surface area contributed by atoms with Crippen LogP contribution in [0.3, 0.4) is 0 Å². The van der Waals surface area contributed by atoms with Crippen LogP contribution in [0.4, 0.5) is 11.5 Å². The first-order chi connectivity index (χ1) is 11.2. The van der Waals surface area contributed by atoms with E-state index < -0.39 is 5.92 Å². The molecular weight excluding hydrogens is 294 g/mol. The van der Waals surface area contributed by atoms with E-state index in [4.69, 9.17) is 4.74 Å². The summed E-state index contributed by atoms with van der Waals surface area (Å²) in [6.45, 7) is 0.352. The van der Waals surface area contributed by atoms with Gasteiger partial charge in [0.05, 0.1) is 13.0 Å². The zero-order valence-corrected chi connectivity index (χ0v) is 12.7. The Hall–Kier alpha value is -2.89. The van der Waals surface area contributed by atoms with E-state index in [0.717, 1.165) is 5.69 Å². The summed E-state index contributed by atoms with van der Waals surface area (Å²) in [5.74, 6) is 0.513. The highest BCUT2D eigenvalue weighted by atomic mass is 16.5. The summed E-state index contributed by atoms with van der Waals surface area (Å²) < 4.78 is 5.18. The second-order valence-corrected chi connectivity index (χ2v) is 5.31. The van der Waals surface area contributed by atoms with Crippen LogP contribution in [0.15, 0.2) is 48.7 Å². The quantitative estimate of drug-likeness (QED) is 0.938. The summed E-state index contributed by atoms with van der Waals surface area (Å²) in [4.78, 5) is 30.2. The van der Waals surface area contributed by atoms with Gasteiger partial charge in [-0.3, -0.25) is 9.59 Å².